The van der Waals surface area contributed by atoms with Crippen molar-refractivity contribution in [3.8, 4) is 0 Å². The number of carbonyl (C=O) groups excluding carboxylic acids is 1. The van der Waals surface area contributed by atoms with Crippen molar-refractivity contribution in [3.05, 3.63) is 0 Å². The van der Waals surface area contributed by atoms with E-state index in [2.05, 4.69) is 0 Å². The van der Waals surface area contributed by atoms with Crippen molar-refractivity contribution in [2.45, 2.75) is 57.5 Å². The van der Waals surface area contributed by atoms with Gasteiger partial charge in [0.05, 0.1) is 44.4 Å². The van der Waals surface area contributed by atoms with Gasteiger partial charge < -0.3 is 34.6 Å². The molecule has 0 aliphatic heterocycles. The monoisotopic (exact) mass is 366 g/mol. The molecule has 10 heteroatoms. The maximum Gasteiger partial charge on any atom is 0.336 e. The summed E-state index contributed by atoms with van der Waals surface area (Å²) in [5.41, 5.74) is -2.73. The van der Waals surface area contributed by atoms with Crippen molar-refractivity contribution in [1.82, 2.24) is 0 Å². The average molecular weight is 366 g/mol. The van der Waals surface area contributed by atoms with E-state index in [1.54, 1.807) is 20.8 Å². The van der Waals surface area contributed by atoms with E-state index >= 15 is 0 Å². The predicted octanol–water partition coefficient (Wildman–Crippen LogP) is -0.599. The fraction of sp³-hybridized carbons (Fsp3) is 0.800. The number of hydrogen-bond acceptors (Lipinski definition) is 8. The van der Waals surface area contributed by atoms with E-state index in [1.165, 1.54) is 0 Å². The van der Waals surface area contributed by atoms with Crippen LogP contribution in [0, 0.1) is 0 Å². The summed E-state index contributed by atoms with van der Waals surface area (Å²) in [5.74, 6) is -4.43. The van der Waals surface area contributed by atoms with Crippen LogP contribution in [0.2, 0.25) is 0 Å². The van der Waals surface area contributed by atoms with Gasteiger partial charge in [-0.3, -0.25) is 9.59 Å². The second-order valence-electron chi connectivity index (χ2n) is 5.90. The second kappa shape index (κ2) is 11.0. The lowest BCUT2D eigenvalue weighted by Gasteiger charge is -2.21. The first-order valence-corrected chi connectivity index (χ1v) is 7.70. The van der Waals surface area contributed by atoms with E-state index in [4.69, 9.17) is 29.5 Å². The fourth-order valence-electron chi connectivity index (χ4n) is 1.66. The lowest BCUT2D eigenvalue weighted by molar-refractivity contribution is -0.173. The van der Waals surface area contributed by atoms with Crippen molar-refractivity contribution >= 4 is 17.9 Å². The van der Waals surface area contributed by atoms with Gasteiger partial charge in [-0.1, -0.05) is 0 Å². The number of hydrogen-bond donors (Lipinski definition) is 4. The fourth-order valence-corrected chi connectivity index (χ4v) is 1.66. The Morgan fingerprint density at radius 1 is 0.920 bits per heavy atom. The molecule has 4 atom stereocenters. The minimum atomic E-state index is -2.73. The van der Waals surface area contributed by atoms with Gasteiger partial charge >= 0.3 is 17.9 Å². The summed E-state index contributed by atoms with van der Waals surface area (Å²) in [4.78, 5) is 33.1. The number of esters is 1. The van der Waals surface area contributed by atoms with Gasteiger partial charge in [-0.2, -0.15) is 0 Å². The van der Waals surface area contributed by atoms with E-state index < -0.39 is 48.6 Å². The van der Waals surface area contributed by atoms with Crippen LogP contribution in [0.3, 0.4) is 0 Å². The molecule has 146 valence electrons. The van der Waals surface area contributed by atoms with E-state index in [0.29, 0.717) is 0 Å². The van der Waals surface area contributed by atoms with E-state index in [-0.39, 0.29) is 25.9 Å². The van der Waals surface area contributed by atoms with Gasteiger partial charge in [0.2, 0.25) is 0 Å². The third-order valence-corrected chi connectivity index (χ3v) is 2.99. The van der Waals surface area contributed by atoms with Crippen LogP contribution in [-0.4, -0.2) is 82.1 Å². The summed E-state index contributed by atoms with van der Waals surface area (Å²) in [7, 11) is 0. The predicted molar refractivity (Wildman–Crippen MR) is 82.9 cm³/mol. The molecule has 0 amide bonds. The van der Waals surface area contributed by atoms with Crippen molar-refractivity contribution in [2.24, 2.45) is 0 Å². The number of aliphatic carboxylic acids is 2. The molecule has 0 spiro atoms. The van der Waals surface area contributed by atoms with Crippen molar-refractivity contribution in [1.29, 1.82) is 0 Å². The zero-order valence-corrected chi connectivity index (χ0v) is 14.5. The molecule has 0 radical (unpaired) electrons. The number of aliphatic hydroxyl groups is 2. The summed E-state index contributed by atoms with van der Waals surface area (Å²) in [6, 6.07) is 0. The number of carboxylic acid groups (broad SMARTS) is 2. The molecule has 0 aliphatic rings. The maximum absolute atomic E-state index is 11.6. The summed E-state index contributed by atoms with van der Waals surface area (Å²) in [6.07, 6.45) is -3.53. The molecular formula is C15H26O10. The normalized spacial score (nSPS) is 17.2. The summed E-state index contributed by atoms with van der Waals surface area (Å²) < 4.78 is 15.4. The van der Waals surface area contributed by atoms with Crippen molar-refractivity contribution in [2.75, 3.05) is 19.8 Å². The Hall–Kier alpha value is -1.75. The number of carboxylic acids is 2. The quantitative estimate of drug-likeness (QED) is 0.310. The highest BCUT2D eigenvalue weighted by atomic mass is 16.6. The molecule has 0 bridgehead atoms. The minimum Gasteiger partial charge on any atom is -0.481 e. The number of carbonyl (C=O) groups is 3. The Labute approximate surface area is 145 Å². The highest BCUT2D eigenvalue weighted by molar-refractivity contribution is 5.88. The molecule has 0 aromatic carbocycles. The Morgan fingerprint density at radius 3 is 1.92 bits per heavy atom. The summed E-state index contributed by atoms with van der Waals surface area (Å²) in [5, 5.41) is 36.3. The lowest BCUT2D eigenvalue weighted by Crippen LogP contribution is -2.43. The van der Waals surface area contributed by atoms with Crippen LogP contribution in [0.1, 0.15) is 33.6 Å². The first kappa shape index (κ1) is 23.2. The smallest absolute Gasteiger partial charge is 0.336 e. The molecule has 0 saturated heterocycles. The highest BCUT2D eigenvalue weighted by Gasteiger charge is 2.41. The molecule has 0 rings (SSSR count). The Kier molecular flexibility index (Phi) is 10.2. The standard InChI is InChI=1S/C15H26O10/c1-9(16)6-23-10(2)7-24-11(3)8-25-13(19)5-15(22,14(20)21)4-12(17)18/h9-11,16,22H,4-8H2,1-3H3,(H,17,18)(H,20,21). The Morgan fingerprint density at radius 2 is 1.44 bits per heavy atom. The van der Waals surface area contributed by atoms with Gasteiger partial charge in [0, 0.05) is 0 Å². The molecule has 0 aromatic heterocycles. The molecule has 4 unspecified atom stereocenters. The Bertz CT molecular complexity index is 450. The summed E-state index contributed by atoms with van der Waals surface area (Å²) in [6.45, 7) is 5.06. The van der Waals surface area contributed by atoms with Crippen LogP contribution >= 0.6 is 0 Å². The molecule has 0 fully saturated rings. The van der Waals surface area contributed by atoms with E-state index in [0.717, 1.165) is 0 Å². The average Bonchev–Trinajstić information content (AvgIpc) is 2.47. The van der Waals surface area contributed by atoms with Crippen LogP contribution in [0.4, 0.5) is 0 Å². The summed E-state index contributed by atoms with van der Waals surface area (Å²) >= 11 is 0. The highest BCUT2D eigenvalue weighted by Crippen LogP contribution is 2.17. The third-order valence-electron chi connectivity index (χ3n) is 2.99. The van der Waals surface area contributed by atoms with Gasteiger partial charge in [0.15, 0.2) is 5.60 Å². The first-order chi connectivity index (χ1) is 11.5. The largest absolute Gasteiger partial charge is 0.481 e. The Balaban J connectivity index is 4.22. The van der Waals surface area contributed by atoms with E-state index in [1.807, 2.05) is 0 Å². The van der Waals surface area contributed by atoms with Gasteiger partial charge in [0.1, 0.15) is 6.61 Å². The van der Waals surface area contributed by atoms with Gasteiger partial charge in [0.25, 0.3) is 0 Å². The van der Waals surface area contributed by atoms with Crippen molar-refractivity contribution in [3.63, 3.8) is 0 Å². The lowest BCUT2D eigenvalue weighted by atomic mass is 9.96. The molecule has 0 heterocycles. The van der Waals surface area contributed by atoms with Crippen LogP contribution in [0.5, 0.6) is 0 Å². The van der Waals surface area contributed by atoms with Gasteiger partial charge in [-0.15, -0.1) is 0 Å². The zero-order chi connectivity index (χ0) is 19.6. The number of ether oxygens (including phenoxy) is 3. The van der Waals surface area contributed by atoms with Crippen LogP contribution in [-0.2, 0) is 28.6 Å². The third kappa shape index (κ3) is 10.7. The molecule has 10 nitrogen and oxygen atoms in total. The van der Waals surface area contributed by atoms with Crippen LogP contribution in [0.15, 0.2) is 0 Å². The molecule has 0 aromatic rings. The number of aliphatic hydroxyl groups excluding tert-OH is 1. The number of rotatable bonds is 13. The molecule has 0 aliphatic carbocycles. The van der Waals surface area contributed by atoms with Crippen LogP contribution < -0.4 is 0 Å². The van der Waals surface area contributed by atoms with Crippen LogP contribution in [0.25, 0.3) is 0 Å². The van der Waals surface area contributed by atoms with Crippen molar-refractivity contribution < 1.29 is 49.0 Å². The zero-order valence-electron chi connectivity index (χ0n) is 14.5. The van der Waals surface area contributed by atoms with E-state index in [9.17, 15) is 19.5 Å². The van der Waals surface area contributed by atoms with Gasteiger partial charge in [-0.05, 0) is 20.8 Å². The topological polar surface area (TPSA) is 160 Å². The first-order valence-electron chi connectivity index (χ1n) is 7.70. The molecule has 4 N–H and O–H groups in total. The molecular weight excluding hydrogens is 340 g/mol. The SMILES string of the molecule is CC(O)COC(C)COC(C)COC(=O)CC(O)(CC(=O)O)C(=O)O. The molecule has 25 heavy (non-hydrogen) atoms. The maximum atomic E-state index is 11.6. The second-order valence-corrected chi connectivity index (χ2v) is 5.90. The molecule has 0 saturated carbocycles. The minimum absolute atomic E-state index is 0.158. The van der Waals surface area contributed by atoms with Gasteiger partial charge in [-0.25, -0.2) is 4.79 Å².